The van der Waals surface area contributed by atoms with E-state index in [-0.39, 0.29) is 30.9 Å². The van der Waals surface area contributed by atoms with E-state index >= 15 is 0 Å². The number of halogens is 2. The SMILES string of the molecule is O=C(Cc1csc(NC(=O)Cc2ccccc2)n1)NCc1c(F)cccc1F. The molecule has 144 valence electrons. The van der Waals surface area contributed by atoms with Crippen molar-refractivity contribution in [1.82, 2.24) is 10.3 Å². The van der Waals surface area contributed by atoms with Gasteiger partial charge in [-0.15, -0.1) is 11.3 Å². The number of carbonyl (C=O) groups excluding carboxylic acids is 2. The van der Waals surface area contributed by atoms with Crippen LogP contribution in [0.15, 0.2) is 53.9 Å². The van der Waals surface area contributed by atoms with E-state index in [1.165, 1.54) is 17.4 Å². The summed E-state index contributed by atoms with van der Waals surface area (Å²) in [5.41, 5.74) is 1.16. The molecular weight excluding hydrogens is 384 g/mol. The van der Waals surface area contributed by atoms with Crippen LogP contribution >= 0.6 is 11.3 Å². The van der Waals surface area contributed by atoms with Crippen molar-refractivity contribution in [2.45, 2.75) is 19.4 Å². The normalized spacial score (nSPS) is 10.5. The van der Waals surface area contributed by atoms with Crippen molar-refractivity contribution in [3.8, 4) is 0 Å². The molecule has 8 heteroatoms. The highest BCUT2D eigenvalue weighted by atomic mass is 32.1. The van der Waals surface area contributed by atoms with Crippen LogP contribution in [-0.4, -0.2) is 16.8 Å². The third-order valence-electron chi connectivity index (χ3n) is 3.87. The first kappa shape index (κ1) is 19.6. The van der Waals surface area contributed by atoms with Crippen molar-refractivity contribution in [2.24, 2.45) is 0 Å². The highest BCUT2D eigenvalue weighted by Gasteiger charge is 2.13. The lowest BCUT2D eigenvalue weighted by Gasteiger charge is -2.06. The van der Waals surface area contributed by atoms with E-state index in [4.69, 9.17) is 0 Å². The Kier molecular flexibility index (Phi) is 6.44. The van der Waals surface area contributed by atoms with Crippen LogP contribution in [-0.2, 0) is 29.0 Å². The van der Waals surface area contributed by atoms with Gasteiger partial charge in [0.2, 0.25) is 11.8 Å². The fourth-order valence-electron chi connectivity index (χ4n) is 2.51. The lowest BCUT2D eigenvalue weighted by molar-refractivity contribution is -0.120. The summed E-state index contributed by atoms with van der Waals surface area (Å²) in [6, 6.07) is 12.8. The molecule has 0 aliphatic carbocycles. The van der Waals surface area contributed by atoms with Crippen molar-refractivity contribution in [1.29, 1.82) is 0 Å². The van der Waals surface area contributed by atoms with E-state index in [1.54, 1.807) is 5.38 Å². The molecule has 0 aliphatic rings. The van der Waals surface area contributed by atoms with Gasteiger partial charge < -0.3 is 10.6 Å². The predicted molar refractivity (Wildman–Crippen MR) is 103 cm³/mol. The number of benzene rings is 2. The largest absolute Gasteiger partial charge is 0.351 e. The summed E-state index contributed by atoms with van der Waals surface area (Å²) in [5.74, 6) is -2.04. The van der Waals surface area contributed by atoms with Gasteiger partial charge in [-0.05, 0) is 17.7 Å². The molecule has 2 aromatic carbocycles. The molecule has 0 aliphatic heterocycles. The summed E-state index contributed by atoms with van der Waals surface area (Å²) >= 11 is 1.21. The Morgan fingerprint density at radius 2 is 1.64 bits per heavy atom. The Balaban J connectivity index is 1.50. The highest BCUT2D eigenvalue weighted by molar-refractivity contribution is 7.13. The van der Waals surface area contributed by atoms with Crippen molar-refractivity contribution >= 4 is 28.3 Å². The van der Waals surface area contributed by atoms with Gasteiger partial charge in [0.1, 0.15) is 11.6 Å². The zero-order chi connectivity index (χ0) is 19.9. The quantitative estimate of drug-likeness (QED) is 0.637. The zero-order valence-corrected chi connectivity index (χ0v) is 15.6. The van der Waals surface area contributed by atoms with Gasteiger partial charge in [-0.3, -0.25) is 9.59 Å². The molecule has 0 radical (unpaired) electrons. The van der Waals surface area contributed by atoms with Crippen LogP contribution in [0.2, 0.25) is 0 Å². The Morgan fingerprint density at radius 1 is 0.929 bits per heavy atom. The molecule has 5 nitrogen and oxygen atoms in total. The average Bonchev–Trinajstić information content (AvgIpc) is 3.08. The Bertz CT molecular complexity index is 956. The fourth-order valence-corrected chi connectivity index (χ4v) is 3.23. The molecule has 0 saturated carbocycles. The number of anilines is 1. The van der Waals surface area contributed by atoms with Crippen LogP contribution in [0.1, 0.15) is 16.8 Å². The first-order chi connectivity index (χ1) is 13.5. The number of aromatic nitrogens is 1. The predicted octanol–water partition coefficient (Wildman–Crippen LogP) is 3.46. The number of hydrogen-bond donors (Lipinski definition) is 2. The number of carbonyl (C=O) groups is 2. The van der Waals surface area contributed by atoms with Crippen molar-refractivity contribution < 1.29 is 18.4 Å². The molecule has 28 heavy (non-hydrogen) atoms. The van der Waals surface area contributed by atoms with Crippen LogP contribution < -0.4 is 10.6 Å². The van der Waals surface area contributed by atoms with Crippen LogP contribution in [0, 0.1) is 11.6 Å². The lowest BCUT2D eigenvalue weighted by Crippen LogP contribution is -2.25. The number of rotatable bonds is 7. The summed E-state index contributed by atoms with van der Waals surface area (Å²) in [6.45, 7) is -0.248. The molecule has 2 N–H and O–H groups in total. The van der Waals surface area contributed by atoms with E-state index in [1.807, 2.05) is 30.3 Å². The minimum absolute atomic E-state index is 0.0544. The second kappa shape index (κ2) is 9.18. The van der Waals surface area contributed by atoms with E-state index in [2.05, 4.69) is 15.6 Å². The van der Waals surface area contributed by atoms with Crippen LogP contribution in [0.4, 0.5) is 13.9 Å². The minimum atomic E-state index is -0.711. The molecule has 0 bridgehead atoms. The van der Waals surface area contributed by atoms with Gasteiger partial charge in [-0.2, -0.15) is 0 Å². The maximum atomic E-state index is 13.6. The summed E-state index contributed by atoms with van der Waals surface area (Å²) in [4.78, 5) is 28.2. The first-order valence-electron chi connectivity index (χ1n) is 8.49. The number of hydrogen-bond acceptors (Lipinski definition) is 4. The summed E-state index contributed by atoms with van der Waals surface area (Å²) in [6.07, 6.45) is 0.172. The molecule has 0 saturated heterocycles. The Hall–Kier alpha value is -3.13. The molecule has 1 heterocycles. The van der Waals surface area contributed by atoms with Gasteiger partial charge in [-0.1, -0.05) is 36.4 Å². The summed E-state index contributed by atoms with van der Waals surface area (Å²) in [5, 5.41) is 7.21. The van der Waals surface area contributed by atoms with Gasteiger partial charge >= 0.3 is 0 Å². The van der Waals surface area contributed by atoms with Crippen LogP contribution in [0.5, 0.6) is 0 Å². The molecule has 0 fully saturated rings. The molecule has 1 aromatic heterocycles. The van der Waals surface area contributed by atoms with Gasteiger partial charge in [0, 0.05) is 17.5 Å². The van der Waals surface area contributed by atoms with Gasteiger partial charge in [-0.25, -0.2) is 13.8 Å². The Labute approximate surface area is 164 Å². The second-order valence-corrected chi connectivity index (χ2v) is 6.87. The van der Waals surface area contributed by atoms with Crippen molar-refractivity contribution in [3.63, 3.8) is 0 Å². The molecule has 0 unspecified atom stereocenters. The van der Waals surface area contributed by atoms with E-state index in [0.717, 1.165) is 17.7 Å². The number of nitrogens with one attached hydrogen (secondary N) is 2. The maximum absolute atomic E-state index is 13.6. The van der Waals surface area contributed by atoms with Crippen LogP contribution in [0.3, 0.4) is 0 Å². The maximum Gasteiger partial charge on any atom is 0.230 e. The lowest BCUT2D eigenvalue weighted by atomic mass is 10.1. The number of thiazole rings is 1. The van der Waals surface area contributed by atoms with Gasteiger partial charge in [0.05, 0.1) is 18.5 Å². The van der Waals surface area contributed by atoms with E-state index in [9.17, 15) is 18.4 Å². The number of amides is 2. The zero-order valence-electron chi connectivity index (χ0n) is 14.7. The third kappa shape index (κ3) is 5.43. The third-order valence-corrected chi connectivity index (χ3v) is 4.68. The monoisotopic (exact) mass is 401 g/mol. The van der Waals surface area contributed by atoms with Crippen molar-refractivity contribution in [2.75, 3.05) is 5.32 Å². The second-order valence-electron chi connectivity index (χ2n) is 6.01. The summed E-state index contributed by atoms with van der Waals surface area (Å²) < 4.78 is 27.1. The first-order valence-corrected chi connectivity index (χ1v) is 9.37. The molecule has 0 atom stereocenters. The average molecular weight is 401 g/mol. The topological polar surface area (TPSA) is 71.1 Å². The molecule has 3 rings (SSSR count). The smallest absolute Gasteiger partial charge is 0.230 e. The molecule has 0 spiro atoms. The fraction of sp³-hybridized carbons (Fsp3) is 0.150. The van der Waals surface area contributed by atoms with Gasteiger partial charge in [0.25, 0.3) is 0 Å². The highest BCUT2D eigenvalue weighted by Crippen LogP contribution is 2.17. The summed E-state index contributed by atoms with van der Waals surface area (Å²) in [7, 11) is 0. The standard InChI is InChI=1S/C20H17F2N3O2S/c21-16-7-4-8-17(22)15(16)11-23-18(26)10-14-12-28-20(24-14)25-19(27)9-13-5-2-1-3-6-13/h1-8,12H,9-11H2,(H,23,26)(H,24,25,27). The number of nitrogens with zero attached hydrogens (tertiary/aromatic N) is 1. The van der Waals surface area contributed by atoms with Crippen LogP contribution in [0.25, 0.3) is 0 Å². The van der Waals surface area contributed by atoms with E-state index in [0.29, 0.717) is 10.8 Å². The Morgan fingerprint density at radius 3 is 2.36 bits per heavy atom. The van der Waals surface area contributed by atoms with Crippen molar-refractivity contribution in [3.05, 3.63) is 82.4 Å². The van der Waals surface area contributed by atoms with Gasteiger partial charge in [0.15, 0.2) is 5.13 Å². The molecular formula is C20H17F2N3O2S. The molecule has 3 aromatic rings. The van der Waals surface area contributed by atoms with E-state index < -0.39 is 17.5 Å². The minimum Gasteiger partial charge on any atom is -0.351 e. The molecule has 2 amide bonds.